The molecule has 1 rings (SSSR count). The highest BCUT2D eigenvalue weighted by molar-refractivity contribution is 9.09. The number of nitro benzene ring substituents is 1. The van der Waals surface area contributed by atoms with E-state index in [0.717, 1.165) is 6.07 Å². The van der Waals surface area contributed by atoms with Crippen molar-refractivity contribution < 1.29 is 14.8 Å². The van der Waals surface area contributed by atoms with E-state index in [2.05, 4.69) is 21.2 Å². The monoisotopic (exact) mass is 274 g/mol. The summed E-state index contributed by atoms with van der Waals surface area (Å²) in [6.07, 6.45) is 0. The first-order valence-electron chi connectivity index (χ1n) is 3.88. The molecular formula is C8H7BrN2O4. The Morgan fingerprint density at radius 3 is 2.73 bits per heavy atom. The smallest absolute Gasteiger partial charge is 0.273 e. The molecule has 6 nitrogen and oxygen atoms in total. The van der Waals surface area contributed by atoms with Gasteiger partial charge in [-0.2, -0.15) is 0 Å². The molecule has 1 amide bonds. The van der Waals surface area contributed by atoms with Gasteiger partial charge in [0.05, 0.1) is 22.0 Å². The molecule has 0 unspecified atom stereocenters. The number of non-ortho nitro benzene ring substituents is 1. The minimum Gasteiger partial charge on any atom is -0.506 e. The molecule has 1 aromatic rings. The van der Waals surface area contributed by atoms with Gasteiger partial charge >= 0.3 is 0 Å². The summed E-state index contributed by atoms with van der Waals surface area (Å²) < 4.78 is 0. The molecule has 0 heterocycles. The van der Waals surface area contributed by atoms with Gasteiger partial charge in [0.15, 0.2) is 0 Å². The Hall–Kier alpha value is -1.63. The number of hydrogen-bond acceptors (Lipinski definition) is 4. The molecule has 0 aliphatic heterocycles. The van der Waals surface area contributed by atoms with Crippen LogP contribution in [0.4, 0.5) is 11.4 Å². The summed E-state index contributed by atoms with van der Waals surface area (Å²) in [5.41, 5.74) is -0.0885. The SMILES string of the molecule is O=C(CBr)Nc1ccc([N+](=O)[O-])cc1O. The standard InChI is InChI=1S/C8H7BrN2O4/c9-4-8(13)10-6-2-1-5(11(14)15)3-7(6)12/h1-3,12H,4H2,(H,10,13). The van der Waals surface area contributed by atoms with Gasteiger partial charge in [-0.3, -0.25) is 14.9 Å². The second kappa shape index (κ2) is 4.74. The third-order valence-electron chi connectivity index (χ3n) is 1.59. The fourth-order valence-corrected chi connectivity index (χ4v) is 1.06. The van der Waals surface area contributed by atoms with E-state index in [9.17, 15) is 20.0 Å². The molecular weight excluding hydrogens is 268 g/mol. The van der Waals surface area contributed by atoms with Crippen molar-refractivity contribution in [2.45, 2.75) is 0 Å². The number of rotatable bonds is 3. The maximum Gasteiger partial charge on any atom is 0.273 e. The number of phenolic OH excluding ortho intramolecular Hbond substituents is 1. The number of nitro groups is 1. The summed E-state index contributed by atoms with van der Waals surface area (Å²) >= 11 is 2.93. The second-order valence-electron chi connectivity index (χ2n) is 2.64. The largest absolute Gasteiger partial charge is 0.506 e. The Kier molecular flexibility index (Phi) is 3.62. The molecule has 0 atom stereocenters. The lowest BCUT2D eigenvalue weighted by molar-refractivity contribution is -0.384. The summed E-state index contributed by atoms with van der Waals surface area (Å²) in [5.74, 6) is -0.683. The van der Waals surface area contributed by atoms with Crippen LogP contribution in [0, 0.1) is 10.1 Å². The van der Waals surface area contributed by atoms with E-state index < -0.39 is 4.92 Å². The van der Waals surface area contributed by atoms with Crippen LogP contribution in [0.2, 0.25) is 0 Å². The normalized spacial score (nSPS) is 9.67. The number of halogens is 1. The number of anilines is 1. The summed E-state index contributed by atoms with van der Waals surface area (Å²) in [4.78, 5) is 20.7. The number of nitrogens with zero attached hydrogens (tertiary/aromatic N) is 1. The average molecular weight is 275 g/mol. The minimum absolute atomic E-state index is 0.0867. The van der Waals surface area contributed by atoms with Crippen molar-refractivity contribution >= 4 is 33.2 Å². The number of carbonyl (C=O) groups excluding carboxylic acids is 1. The number of carbonyl (C=O) groups is 1. The van der Waals surface area contributed by atoms with Gasteiger partial charge in [0, 0.05) is 6.07 Å². The predicted molar refractivity (Wildman–Crippen MR) is 57.2 cm³/mol. The molecule has 2 N–H and O–H groups in total. The van der Waals surface area contributed by atoms with Gasteiger partial charge in [-0.25, -0.2) is 0 Å². The van der Waals surface area contributed by atoms with Gasteiger partial charge in [-0.05, 0) is 6.07 Å². The van der Waals surface area contributed by atoms with Gasteiger partial charge in [0.1, 0.15) is 5.75 Å². The molecule has 0 bridgehead atoms. The van der Waals surface area contributed by atoms with E-state index in [-0.39, 0.29) is 28.4 Å². The number of benzene rings is 1. The van der Waals surface area contributed by atoms with Crippen molar-refractivity contribution in [3.8, 4) is 5.75 Å². The Bertz CT molecular complexity index is 408. The van der Waals surface area contributed by atoms with Crippen LogP contribution in [-0.4, -0.2) is 21.3 Å². The molecule has 0 aliphatic rings. The van der Waals surface area contributed by atoms with Crippen molar-refractivity contribution in [3.63, 3.8) is 0 Å². The average Bonchev–Trinajstić information content (AvgIpc) is 2.20. The Balaban J connectivity index is 2.93. The Morgan fingerprint density at radius 2 is 2.27 bits per heavy atom. The number of phenols is 1. The Morgan fingerprint density at radius 1 is 1.60 bits per heavy atom. The van der Waals surface area contributed by atoms with E-state index in [1.54, 1.807) is 0 Å². The fourth-order valence-electron chi connectivity index (χ4n) is 0.923. The van der Waals surface area contributed by atoms with Gasteiger partial charge in [0.2, 0.25) is 5.91 Å². The second-order valence-corrected chi connectivity index (χ2v) is 3.20. The molecule has 0 aromatic heterocycles. The molecule has 15 heavy (non-hydrogen) atoms. The first-order chi connectivity index (χ1) is 7.04. The first kappa shape index (κ1) is 11.4. The molecule has 1 aromatic carbocycles. The molecule has 7 heteroatoms. The molecule has 0 fully saturated rings. The molecule has 80 valence electrons. The van der Waals surface area contributed by atoms with E-state index in [4.69, 9.17) is 0 Å². The highest BCUT2D eigenvalue weighted by atomic mass is 79.9. The minimum atomic E-state index is -0.629. The van der Waals surface area contributed by atoms with Crippen molar-refractivity contribution in [1.29, 1.82) is 0 Å². The summed E-state index contributed by atoms with van der Waals surface area (Å²) in [7, 11) is 0. The summed E-state index contributed by atoms with van der Waals surface area (Å²) in [5, 5.41) is 22.1. The van der Waals surface area contributed by atoms with Crippen LogP contribution < -0.4 is 5.32 Å². The van der Waals surface area contributed by atoms with Crippen LogP contribution in [0.3, 0.4) is 0 Å². The van der Waals surface area contributed by atoms with Crippen LogP contribution in [0.25, 0.3) is 0 Å². The van der Waals surface area contributed by atoms with Gasteiger partial charge in [-0.15, -0.1) is 0 Å². The molecule has 0 radical (unpaired) electrons. The number of amides is 1. The summed E-state index contributed by atoms with van der Waals surface area (Å²) in [6, 6.07) is 3.45. The Labute approximate surface area is 93.2 Å². The van der Waals surface area contributed by atoms with Crippen LogP contribution in [0.1, 0.15) is 0 Å². The first-order valence-corrected chi connectivity index (χ1v) is 5.00. The number of alkyl halides is 1. The van der Waals surface area contributed by atoms with Crippen molar-refractivity contribution in [1.82, 2.24) is 0 Å². The van der Waals surface area contributed by atoms with Gasteiger partial charge in [-0.1, -0.05) is 15.9 Å². The molecule has 0 saturated heterocycles. The van der Waals surface area contributed by atoms with Crippen LogP contribution >= 0.6 is 15.9 Å². The lowest BCUT2D eigenvalue weighted by Gasteiger charge is -2.04. The van der Waals surface area contributed by atoms with Crippen molar-refractivity contribution in [2.24, 2.45) is 0 Å². The number of nitrogens with one attached hydrogen (secondary N) is 1. The van der Waals surface area contributed by atoms with Gasteiger partial charge in [0.25, 0.3) is 5.69 Å². The lowest BCUT2D eigenvalue weighted by atomic mass is 10.2. The third-order valence-corrected chi connectivity index (χ3v) is 2.10. The van der Waals surface area contributed by atoms with E-state index >= 15 is 0 Å². The third kappa shape index (κ3) is 2.91. The van der Waals surface area contributed by atoms with Crippen molar-refractivity contribution in [3.05, 3.63) is 28.3 Å². The van der Waals surface area contributed by atoms with Crippen LogP contribution in [0.15, 0.2) is 18.2 Å². The van der Waals surface area contributed by atoms with E-state index in [1.807, 2.05) is 0 Å². The topological polar surface area (TPSA) is 92.5 Å². The lowest BCUT2D eigenvalue weighted by Crippen LogP contribution is -2.12. The maximum absolute atomic E-state index is 10.9. The molecule has 0 spiro atoms. The zero-order valence-corrected chi connectivity index (χ0v) is 9.02. The zero-order valence-electron chi connectivity index (χ0n) is 7.44. The molecule has 0 aliphatic carbocycles. The van der Waals surface area contributed by atoms with E-state index in [0.29, 0.717) is 0 Å². The molecule has 0 saturated carbocycles. The highest BCUT2D eigenvalue weighted by Gasteiger charge is 2.11. The number of aromatic hydroxyl groups is 1. The van der Waals surface area contributed by atoms with Gasteiger partial charge < -0.3 is 10.4 Å². The summed E-state index contributed by atoms with van der Waals surface area (Å²) in [6.45, 7) is 0. The van der Waals surface area contributed by atoms with Crippen LogP contribution in [-0.2, 0) is 4.79 Å². The maximum atomic E-state index is 10.9. The predicted octanol–water partition coefficient (Wildman–Crippen LogP) is 1.63. The highest BCUT2D eigenvalue weighted by Crippen LogP contribution is 2.27. The van der Waals surface area contributed by atoms with Crippen molar-refractivity contribution in [2.75, 3.05) is 10.6 Å². The zero-order chi connectivity index (χ0) is 11.4. The number of hydrogen-bond donors (Lipinski definition) is 2. The van der Waals surface area contributed by atoms with E-state index in [1.165, 1.54) is 12.1 Å². The van der Waals surface area contributed by atoms with Crippen LogP contribution in [0.5, 0.6) is 5.75 Å². The fraction of sp³-hybridized carbons (Fsp3) is 0.125. The quantitative estimate of drug-likeness (QED) is 0.379.